The lowest BCUT2D eigenvalue weighted by Gasteiger charge is -2.36. The van der Waals surface area contributed by atoms with Crippen molar-refractivity contribution in [3.05, 3.63) is 51.8 Å². The maximum atomic E-state index is 13.1. The highest BCUT2D eigenvalue weighted by Gasteiger charge is 2.53. The van der Waals surface area contributed by atoms with Crippen molar-refractivity contribution < 1.29 is 14.1 Å². The lowest BCUT2D eigenvalue weighted by Crippen LogP contribution is -2.53. The van der Waals surface area contributed by atoms with E-state index in [1.165, 1.54) is 0 Å². The maximum Gasteiger partial charge on any atom is 0.292 e. The molecule has 0 spiro atoms. The summed E-state index contributed by atoms with van der Waals surface area (Å²) in [6, 6.07) is 9.66. The molecule has 2 heterocycles. The summed E-state index contributed by atoms with van der Waals surface area (Å²) in [5.41, 5.74) is 1.39. The highest BCUT2D eigenvalue weighted by molar-refractivity contribution is 9.10. The first kappa shape index (κ1) is 17.3. The fourth-order valence-corrected chi connectivity index (χ4v) is 3.97. The van der Waals surface area contributed by atoms with Crippen molar-refractivity contribution in [2.24, 2.45) is 0 Å². The van der Waals surface area contributed by atoms with Crippen molar-refractivity contribution in [2.75, 3.05) is 26.2 Å². The van der Waals surface area contributed by atoms with Crippen LogP contribution in [-0.2, 0) is 10.2 Å². The molecule has 2 fully saturated rings. The number of carbonyl (C=O) groups excluding carboxylic acids is 2. The van der Waals surface area contributed by atoms with E-state index in [2.05, 4.69) is 21.1 Å². The van der Waals surface area contributed by atoms with Crippen molar-refractivity contribution in [1.29, 1.82) is 0 Å². The van der Waals surface area contributed by atoms with Gasteiger partial charge in [-0.05, 0) is 37.5 Å². The van der Waals surface area contributed by atoms with E-state index >= 15 is 0 Å². The first-order valence-corrected chi connectivity index (χ1v) is 9.57. The Hall–Kier alpha value is -2.15. The number of carbonyl (C=O) groups is 2. The van der Waals surface area contributed by atoms with Gasteiger partial charge in [-0.25, -0.2) is 0 Å². The zero-order chi connectivity index (χ0) is 18.3. The second kappa shape index (κ2) is 6.54. The molecule has 7 heteroatoms. The lowest BCUT2D eigenvalue weighted by molar-refractivity contribution is -0.135. The molecule has 6 nitrogen and oxygen atoms in total. The van der Waals surface area contributed by atoms with Gasteiger partial charge in [0.2, 0.25) is 11.7 Å². The van der Waals surface area contributed by atoms with E-state index in [1.54, 1.807) is 17.9 Å². The van der Waals surface area contributed by atoms with Gasteiger partial charge in [-0.1, -0.05) is 33.2 Å². The topological polar surface area (TPSA) is 66.7 Å². The van der Waals surface area contributed by atoms with E-state index in [9.17, 15) is 9.59 Å². The van der Waals surface area contributed by atoms with E-state index in [0.717, 1.165) is 22.9 Å². The van der Waals surface area contributed by atoms with E-state index in [1.807, 2.05) is 29.2 Å². The minimum Gasteiger partial charge on any atom is -0.351 e. The third-order valence-electron chi connectivity index (χ3n) is 5.23. The molecule has 136 valence electrons. The summed E-state index contributed by atoms with van der Waals surface area (Å²) in [6.45, 7) is 3.91. The number of aryl methyl sites for hydroxylation is 1. The molecule has 1 aliphatic heterocycles. The molecule has 2 aliphatic rings. The molecule has 0 N–H and O–H groups in total. The number of hydrogen-bond acceptors (Lipinski definition) is 4. The number of aromatic nitrogens is 1. The van der Waals surface area contributed by atoms with Gasteiger partial charge in [-0.3, -0.25) is 9.59 Å². The van der Waals surface area contributed by atoms with E-state index < -0.39 is 0 Å². The Morgan fingerprint density at radius 1 is 1.12 bits per heavy atom. The number of nitrogens with zero attached hydrogens (tertiary/aromatic N) is 3. The molecule has 1 aliphatic carbocycles. The number of piperazine rings is 1. The summed E-state index contributed by atoms with van der Waals surface area (Å²) < 4.78 is 6.05. The normalized spacial score (nSPS) is 18.7. The Balaban J connectivity index is 1.42. The SMILES string of the molecule is Cc1cc(C(=O)N2CCN(C(=O)C3(c4cccc(Br)c4)CC3)CC2)on1. The van der Waals surface area contributed by atoms with Crippen LogP contribution < -0.4 is 0 Å². The number of amides is 2. The van der Waals surface area contributed by atoms with Gasteiger partial charge in [-0.15, -0.1) is 0 Å². The smallest absolute Gasteiger partial charge is 0.292 e. The second-order valence-electron chi connectivity index (χ2n) is 7.01. The van der Waals surface area contributed by atoms with E-state index in [0.29, 0.717) is 31.9 Å². The molecule has 0 atom stereocenters. The van der Waals surface area contributed by atoms with Crippen molar-refractivity contribution in [1.82, 2.24) is 15.0 Å². The van der Waals surface area contributed by atoms with Gasteiger partial charge in [0.1, 0.15) is 0 Å². The number of benzene rings is 1. The van der Waals surface area contributed by atoms with Gasteiger partial charge in [0.15, 0.2) is 0 Å². The van der Waals surface area contributed by atoms with Gasteiger partial charge in [0.05, 0.1) is 11.1 Å². The van der Waals surface area contributed by atoms with E-state index in [4.69, 9.17) is 4.52 Å². The maximum absolute atomic E-state index is 13.1. The molecule has 2 aromatic rings. The highest BCUT2D eigenvalue weighted by Crippen LogP contribution is 2.50. The number of hydrogen-bond donors (Lipinski definition) is 0. The summed E-state index contributed by atoms with van der Waals surface area (Å²) >= 11 is 3.49. The van der Waals surface area contributed by atoms with Crippen molar-refractivity contribution in [2.45, 2.75) is 25.2 Å². The van der Waals surface area contributed by atoms with Gasteiger partial charge in [0.25, 0.3) is 5.91 Å². The van der Waals surface area contributed by atoms with Crippen LogP contribution in [0, 0.1) is 6.92 Å². The zero-order valence-corrected chi connectivity index (χ0v) is 16.2. The molecule has 0 bridgehead atoms. The average molecular weight is 418 g/mol. The molecule has 1 aromatic carbocycles. The van der Waals surface area contributed by atoms with Crippen molar-refractivity contribution >= 4 is 27.7 Å². The van der Waals surface area contributed by atoms with Crippen molar-refractivity contribution in [3.8, 4) is 0 Å². The number of halogens is 1. The molecule has 1 saturated carbocycles. The minimum atomic E-state index is -0.377. The summed E-state index contributed by atoms with van der Waals surface area (Å²) in [5, 5.41) is 3.77. The van der Waals surface area contributed by atoms with Crippen LogP contribution in [-0.4, -0.2) is 52.9 Å². The third kappa shape index (κ3) is 3.05. The quantitative estimate of drug-likeness (QED) is 0.769. The summed E-state index contributed by atoms with van der Waals surface area (Å²) in [6.07, 6.45) is 1.78. The molecule has 1 aromatic heterocycles. The molecule has 0 radical (unpaired) electrons. The minimum absolute atomic E-state index is 0.161. The van der Waals surface area contributed by atoms with Crippen LogP contribution in [0.25, 0.3) is 0 Å². The first-order chi connectivity index (χ1) is 12.5. The Kier molecular flexibility index (Phi) is 4.34. The van der Waals surface area contributed by atoms with Crippen LogP contribution in [0.5, 0.6) is 0 Å². The largest absolute Gasteiger partial charge is 0.351 e. The van der Waals surface area contributed by atoms with Crippen molar-refractivity contribution in [3.63, 3.8) is 0 Å². The summed E-state index contributed by atoms with van der Waals surface area (Å²) in [4.78, 5) is 29.2. The zero-order valence-electron chi connectivity index (χ0n) is 14.6. The third-order valence-corrected chi connectivity index (χ3v) is 5.72. The Morgan fingerprint density at radius 2 is 1.81 bits per heavy atom. The lowest BCUT2D eigenvalue weighted by atomic mass is 9.94. The van der Waals surface area contributed by atoms with Crippen LogP contribution in [0.1, 0.15) is 34.7 Å². The van der Waals surface area contributed by atoms with Gasteiger partial charge >= 0.3 is 0 Å². The van der Waals surface area contributed by atoms with Gasteiger partial charge < -0.3 is 14.3 Å². The summed E-state index contributed by atoms with van der Waals surface area (Å²) in [7, 11) is 0. The Labute approximate surface area is 160 Å². The molecule has 1 saturated heterocycles. The van der Waals surface area contributed by atoms with Gasteiger partial charge in [0, 0.05) is 36.7 Å². The molecule has 0 unspecified atom stereocenters. The highest BCUT2D eigenvalue weighted by atomic mass is 79.9. The molecule has 26 heavy (non-hydrogen) atoms. The number of rotatable bonds is 3. The van der Waals surface area contributed by atoms with Crippen LogP contribution in [0.2, 0.25) is 0 Å². The van der Waals surface area contributed by atoms with Crippen LogP contribution in [0.3, 0.4) is 0 Å². The fourth-order valence-electron chi connectivity index (χ4n) is 3.57. The Bertz CT molecular complexity index is 851. The molecule has 2 amide bonds. The predicted octanol–water partition coefficient (Wildman–Crippen LogP) is 2.76. The average Bonchev–Trinajstić information content (AvgIpc) is 3.36. The fraction of sp³-hybridized carbons (Fsp3) is 0.421. The summed E-state index contributed by atoms with van der Waals surface area (Å²) in [5.74, 6) is 0.277. The molecular weight excluding hydrogens is 398 g/mol. The predicted molar refractivity (Wildman–Crippen MR) is 98.8 cm³/mol. The van der Waals surface area contributed by atoms with Gasteiger partial charge in [-0.2, -0.15) is 0 Å². The molecular formula is C19H20BrN3O3. The Morgan fingerprint density at radius 3 is 2.38 bits per heavy atom. The molecule has 4 rings (SSSR count). The first-order valence-electron chi connectivity index (χ1n) is 8.78. The monoisotopic (exact) mass is 417 g/mol. The van der Waals surface area contributed by atoms with Crippen LogP contribution >= 0.6 is 15.9 Å². The second-order valence-corrected chi connectivity index (χ2v) is 7.93. The standard InChI is InChI=1S/C19H20BrN3O3/c1-13-11-16(26-21-13)17(24)22-7-9-23(10-8-22)18(25)19(5-6-19)14-3-2-4-15(20)12-14/h2-4,11-12H,5-10H2,1H3. The van der Waals surface area contributed by atoms with Crippen LogP contribution in [0.15, 0.2) is 39.3 Å². The van der Waals surface area contributed by atoms with Crippen LogP contribution in [0.4, 0.5) is 0 Å². The van der Waals surface area contributed by atoms with E-state index in [-0.39, 0.29) is 23.0 Å².